The van der Waals surface area contributed by atoms with Gasteiger partial charge in [0.15, 0.2) is 0 Å². The van der Waals surface area contributed by atoms with E-state index in [1.54, 1.807) is 0 Å². The van der Waals surface area contributed by atoms with E-state index in [0.29, 0.717) is 6.04 Å². The summed E-state index contributed by atoms with van der Waals surface area (Å²) >= 11 is 2.06. The molecule has 0 radical (unpaired) electrons. The highest BCUT2D eigenvalue weighted by Crippen LogP contribution is 2.13. The predicted molar refractivity (Wildman–Crippen MR) is 84.5 cm³/mol. The van der Waals surface area contributed by atoms with Crippen molar-refractivity contribution in [2.45, 2.75) is 59.0 Å². The van der Waals surface area contributed by atoms with Gasteiger partial charge in [-0.1, -0.05) is 20.8 Å². The molecule has 1 saturated heterocycles. The highest BCUT2D eigenvalue weighted by atomic mass is 32.2. The summed E-state index contributed by atoms with van der Waals surface area (Å²) in [6.07, 6.45) is 3.97. The van der Waals surface area contributed by atoms with Crippen LogP contribution in [0, 0.1) is 5.92 Å². The summed E-state index contributed by atoms with van der Waals surface area (Å²) in [5.41, 5.74) is 0. The molecule has 2 nitrogen and oxygen atoms in total. The lowest BCUT2D eigenvalue weighted by atomic mass is 10.0. The lowest BCUT2D eigenvalue weighted by Crippen LogP contribution is -2.46. The van der Waals surface area contributed by atoms with Crippen LogP contribution in [0.3, 0.4) is 0 Å². The van der Waals surface area contributed by atoms with Crippen LogP contribution in [0.4, 0.5) is 0 Å². The molecule has 1 rings (SSSR count). The second-order valence-corrected chi connectivity index (χ2v) is 7.42. The van der Waals surface area contributed by atoms with Crippen molar-refractivity contribution in [2.24, 2.45) is 5.92 Å². The van der Waals surface area contributed by atoms with Crippen LogP contribution in [0.25, 0.3) is 0 Å². The van der Waals surface area contributed by atoms with Crippen LogP contribution in [0.1, 0.15) is 47.0 Å². The average Bonchev–Trinajstić information content (AvgIpc) is 2.31. The summed E-state index contributed by atoms with van der Waals surface area (Å²) in [6.45, 7) is 13.1. The molecule has 0 amide bonds. The zero-order chi connectivity index (χ0) is 13.4. The van der Waals surface area contributed by atoms with Crippen LogP contribution in [0.5, 0.6) is 0 Å². The van der Waals surface area contributed by atoms with Gasteiger partial charge in [0.25, 0.3) is 0 Å². The molecule has 0 aromatic carbocycles. The van der Waals surface area contributed by atoms with Crippen molar-refractivity contribution in [1.82, 2.24) is 10.2 Å². The minimum absolute atomic E-state index is 0.686. The molecule has 0 bridgehead atoms. The van der Waals surface area contributed by atoms with Gasteiger partial charge in [-0.3, -0.25) is 0 Å². The number of hydrogen-bond donors (Lipinski definition) is 1. The Balaban J connectivity index is 2.11. The first kappa shape index (κ1) is 16.3. The molecule has 0 aliphatic carbocycles. The third-order valence-electron chi connectivity index (χ3n) is 3.63. The molecule has 1 unspecified atom stereocenters. The maximum Gasteiger partial charge on any atom is 0.00938 e. The molecule has 3 heteroatoms. The van der Waals surface area contributed by atoms with Gasteiger partial charge in [-0.25, -0.2) is 0 Å². The Hall–Kier alpha value is 0.270. The highest BCUT2D eigenvalue weighted by Gasteiger charge is 2.20. The van der Waals surface area contributed by atoms with Gasteiger partial charge in [0.1, 0.15) is 0 Å². The van der Waals surface area contributed by atoms with E-state index in [2.05, 4.69) is 49.7 Å². The molecular weight excluding hydrogens is 240 g/mol. The summed E-state index contributed by atoms with van der Waals surface area (Å²) in [6, 6.07) is 1.45. The fourth-order valence-corrected chi connectivity index (χ4v) is 3.50. The molecular formula is C15H32N2S. The van der Waals surface area contributed by atoms with Gasteiger partial charge < -0.3 is 10.2 Å². The second kappa shape index (κ2) is 9.22. The summed E-state index contributed by atoms with van der Waals surface area (Å²) in [5, 5.41) is 3.81. The molecule has 0 aromatic heterocycles. The smallest absolute Gasteiger partial charge is 0.00938 e. The van der Waals surface area contributed by atoms with Crippen molar-refractivity contribution < 1.29 is 0 Å². The largest absolute Gasteiger partial charge is 0.311 e. The van der Waals surface area contributed by atoms with E-state index in [4.69, 9.17) is 0 Å². The Morgan fingerprint density at radius 2 is 1.89 bits per heavy atom. The maximum atomic E-state index is 3.81. The molecule has 1 N–H and O–H groups in total. The van der Waals surface area contributed by atoms with Gasteiger partial charge >= 0.3 is 0 Å². The lowest BCUT2D eigenvalue weighted by Gasteiger charge is -2.34. The van der Waals surface area contributed by atoms with Crippen LogP contribution in [-0.4, -0.2) is 48.1 Å². The van der Waals surface area contributed by atoms with E-state index in [9.17, 15) is 0 Å². The van der Waals surface area contributed by atoms with E-state index in [1.165, 1.54) is 50.4 Å². The zero-order valence-electron chi connectivity index (χ0n) is 12.7. The maximum absolute atomic E-state index is 3.81. The zero-order valence-corrected chi connectivity index (χ0v) is 13.6. The molecule has 0 spiro atoms. The van der Waals surface area contributed by atoms with E-state index in [0.717, 1.165) is 12.0 Å². The Bertz CT molecular complexity index is 201. The topological polar surface area (TPSA) is 15.3 Å². The standard InChI is InChI=1S/C15H32N2S/c1-5-18-11-8-14(4)16-15-6-9-17(10-7-15)12-13(2)3/h13-16H,5-12H2,1-4H3. The van der Waals surface area contributed by atoms with Crippen molar-refractivity contribution in [2.75, 3.05) is 31.1 Å². The first-order valence-electron chi connectivity index (χ1n) is 7.68. The number of piperidine rings is 1. The van der Waals surface area contributed by atoms with Crippen LogP contribution in [0.15, 0.2) is 0 Å². The van der Waals surface area contributed by atoms with Gasteiger partial charge in [0.05, 0.1) is 0 Å². The van der Waals surface area contributed by atoms with E-state index < -0.39 is 0 Å². The predicted octanol–water partition coefficient (Wildman–Crippen LogP) is 3.23. The Morgan fingerprint density at radius 3 is 2.44 bits per heavy atom. The first-order chi connectivity index (χ1) is 8.61. The van der Waals surface area contributed by atoms with E-state index in [1.807, 2.05) is 0 Å². The minimum atomic E-state index is 0.686. The average molecular weight is 273 g/mol. The quantitative estimate of drug-likeness (QED) is 0.683. The fourth-order valence-electron chi connectivity index (χ4n) is 2.69. The van der Waals surface area contributed by atoms with Crippen molar-refractivity contribution in [1.29, 1.82) is 0 Å². The van der Waals surface area contributed by atoms with Crippen molar-refractivity contribution in [3.05, 3.63) is 0 Å². The third kappa shape index (κ3) is 7.01. The van der Waals surface area contributed by atoms with Crippen molar-refractivity contribution in [3.8, 4) is 0 Å². The van der Waals surface area contributed by atoms with Gasteiger partial charge in [0, 0.05) is 18.6 Å². The molecule has 0 aromatic rings. The number of thioether (sulfide) groups is 1. The number of hydrogen-bond acceptors (Lipinski definition) is 3. The SMILES string of the molecule is CCSCCC(C)NC1CCN(CC(C)C)CC1. The van der Waals surface area contributed by atoms with Gasteiger partial charge in [-0.2, -0.15) is 11.8 Å². The molecule has 1 fully saturated rings. The number of nitrogens with one attached hydrogen (secondary N) is 1. The van der Waals surface area contributed by atoms with E-state index in [-0.39, 0.29) is 0 Å². The van der Waals surface area contributed by atoms with Gasteiger partial charge in [-0.05, 0) is 56.7 Å². The molecule has 1 atom stereocenters. The van der Waals surface area contributed by atoms with E-state index >= 15 is 0 Å². The van der Waals surface area contributed by atoms with Crippen LogP contribution >= 0.6 is 11.8 Å². The molecule has 1 aliphatic heterocycles. The monoisotopic (exact) mass is 272 g/mol. The van der Waals surface area contributed by atoms with Gasteiger partial charge in [0.2, 0.25) is 0 Å². The Labute approximate surface area is 118 Å². The normalized spacial score (nSPS) is 20.5. The summed E-state index contributed by atoms with van der Waals surface area (Å²) in [4.78, 5) is 2.63. The highest BCUT2D eigenvalue weighted by molar-refractivity contribution is 7.99. The number of likely N-dealkylation sites (tertiary alicyclic amines) is 1. The third-order valence-corrected chi connectivity index (χ3v) is 4.56. The first-order valence-corrected chi connectivity index (χ1v) is 8.83. The van der Waals surface area contributed by atoms with Crippen molar-refractivity contribution >= 4 is 11.8 Å². The number of nitrogens with zero attached hydrogens (tertiary/aromatic N) is 1. The Morgan fingerprint density at radius 1 is 1.22 bits per heavy atom. The second-order valence-electron chi connectivity index (χ2n) is 6.02. The van der Waals surface area contributed by atoms with Gasteiger partial charge in [-0.15, -0.1) is 0 Å². The fraction of sp³-hybridized carbons (Fsp3) is 1.00. The number of rotatable bonds is 8. The molecule has 1 heterocycles. The minimum Gasteiger partial charge on any atom is -0.311 e. The Kier molecular flexibility index (Phi) is 8.36. The molecule has 108 valence electrons. The summed E-state index contributed by atoms with van der Waals surface area (Å²) in [7, 11) is 0. The molecule has 0 saturated carbocycles. The van der Waals surface area contributed by atoms with Crippen molar-refractivity contribution in [3.63, 3.8) is 0 Å². The van der Waals surface area contributed by atoms with Crippen LogP contribution < -0.4 is 5.32 Å². The molecule has 1 aliphatic rings. The van der Waals surface area contributed by atoms with Crippen LogP contribution in [-0.2, 0) is 0 Å². The molecule has 18 heavy (non-hydrogen) atoms. The lowest BCUT2D eigenvalue weighted by molar-refractivity contribution is 0.175. The van der Waals surface area contributed by atoms with Crippen LogP contribution in [0.2, 0.25) is 0 Å². The summed E-state index contributed by atoms with van der Waals surface area (Å²) in [5.74, 6) is 3.36. The summed E-state index contributed by atoms with van der Waals surface area (Å²) < 4.78 is 0.